The molecule has 1 atom stereocenters. The van der Waals surface area contributed by atoms with Gasteiger partial charge in [-0.25, -0.2) is 4.79 Å². The van der Waals surface area contributed by atoms with Crippen molar-refractivity contribution in [1.82, 2.24) is 4.90 Å². The van der Waals surface area contributed by atoms with Crippen LogP contribution >= 0.6 is 0 Å². The molecule has 6 heteroatoms. The third-order valence-corrected chi connectivity index (χ3v) is 6.03. The standard InChI is InChI=1S/C23H22N2O4/c1-15-6-8-16(9-7-15)14-29-22(28)23-13-12-20(26)25(23)19-5-3-2-4-18(19)21(27)24(23)17-10-11-17/h2-9,17H,10-14H2,1H3/t23-/m1/s1. The number of benzene rings is 2. The van der Waals surface area contributed by atoms with Crippen LogP contribution in [0.25, 0.3) is 0 Å². The van der Waals surface area contributed by atoms with Crippen LogP contribution in [0.1, 0.15) is 47.2 Å². The highest BCUT2D eigenvalue weighted by molar-refractivity contribution is 6.15. The third-order valence-electron chi connectivity index (χ3n) is 6.03. The molecule has 1 saturated heterocycles. The number of hydrogen-bond donors (Lipinski definition) is 0. The first-order valence-electron chi connectivity index (χ1n) is 10.0. The Balaban J connectivity index is 1.54. The fraction of sp³-hybridized carbons (Fsp3) is 0.348. The zero-order chi connectivity index (χ0) is 20.2. The average Bonchev–Trinajstić information content (AvgIpc) is 3.50. The van der Waals surface area contributed by atoms with Gasteiger partial charge in [-0.05, 0) is 37.5 Å². The molecule has 1 aliphatic carbocycles. The lowest BCUT2D eigenvalue weighted by molar-refractivity contribution is -0.159. The first-order chi connectivity index (χ1) is 14.0. The summed E-state index contributed by atoms with van der Waals surface area (Å²) < 4.78 is 5.71. The molecule has 29 heavy (non-hydrogen) atoms. The maximum atomic E-state index is 13.5. The molecule has 0 spiro atoms. The fourth-order valence-electron chi connectivity index (χ4n) is 4.46. The summed E-state index contributed by atoms with van der Waals surface area (Å²) in [7, 11) is 0. The molecule has 0 bridgehead atoms. The number of ether oxygens (including phenoxy) is 1. The summed E-state index contributed by atoms with van der Waals surface area (Å²) in [5.74, 6) is -0.872. The Morgan fingerprint density at radius 2 is 1.83 bits per heavy atom. The van der Waals surface area contributed by atoms with Gasteiger partial charge in [0.2, 0.25) is 11.6 Å². The van der Waals surface area contributed by atoms with Crippen LogP contribution in [-0.2, 0) is 20.9 Å². The van der Waals surface area contributed by atoms with Crippen molar-refractivity contribution in [2.45, 2.75) is 50.9 Å². The number of fused-ring (bicyclic) bond motifs is 3. The summed E-state index contributed by atoms with van der Waals surface area (Å²) in [5.41, 5.74) is 1.59. The third kappa shape index (κ3) is 2.66. The Kier molecular flexibility index (Phi) is 3.98. The number of hydrogen-bond acceptors (Lipinski definition) is 4. The number of carbonyl (C=O) groups is 3. The van der Waals surface area contributed by atoms with Crippen LogP contribution in [0.2, 0.25) is 0 Å². The molecule has 2 aliphatic heterocycles. The van der Waals surface area contributed by atoms with Crippen molar-refractivity contribution in [3.05, 3.63) is 65.2 Å². The predicted octanol–water partition coefficient (Wildman–Crippen LogP) is 3.18. The number of carbonyl (C=O) groups excluding carboxylic acids is 3. The molecule has 0 aromatic heterocycles. The molecular formula is C23H22N2O4. The van der Waals surface area contributed by atoms with Gasteiger partial charge >= 0.3 is 5.97 Å². The number of rotatable bonds is 4. The van der Waals surface area contributed by atoms with E-state index in [9.17, 15) is 14.4 Å². The second-order valence-electron chi connectivity index (χ2n) is 8.03. The van der Waals surface area contributed by atoms with Gasteiger partial charge in [0, 0.05) is 18.9 Å². The summed E-state index contributed by atoms with van der Waals surface area (Å²) in [6, 6.07) is 14.8. The number of esters is 1. The molecule has 2 heterocycles. The van der Waals surface area contributed by atoms with Crippen molar-refractivity contribution in [2.24, 2.45) is 0 Å². The Bertz CT molecular complexity index is 1010. The van der Waals surface area contributed by atoms with Gasteiger partial charge in [-0.1, -0.05) is 42.0 Å². The van der Waals surface area contributed by atoms with Crippen molar-refractivity contribution in [3.8, 4) is 0 Å². The zero-order valence-electron chi connectivity index (χ0n) is 16.3. The minimum atomic E-state index is -1.38. The maximum Gasteiger partial charge on any atom is 0.354 e. The summed E-state index contributed by atoms with van der Waals surface area (Å²) in [4.78, 5) is 42.8. The predicted molar refractivity (Wildman–Crippen MR) is 106 cm³/mol. The van der Waals surface area contributed by atoms with Crippen LogP contribution in [0, 0.1) is 6.92 Å². The summed E-state index contributed by atoms with van der Waals surface area (Å²) in [5, 5.41) is 0. The molecule has 148 valence electrons. The highest BCUT2D eigenvalue weighted by atomic mass is 16.5. The number of aryl methyl sites for hydroxylation is 1. The van der Waals surface area contributed by atoms with Crippen LogP contribution in [0.15, 0.2) is 48.5 Å². The minimum absolute atomic E-state index is 0.0313. The molecular weight excluding hydrogens is 368 g/mol. The van der Waals surface area contributed by atoms with Gasteiger partial charge in [-0.2, -0.15) is 0 Å². The van der Waals surface area contributed by atoms with Gasteiger partial charge in [-0.15, -0.1) is 0 Å². The lowest BCUT2D eigenvalue weighted by Crippen LogP contribution is -2.69. The van der Waals surface area contributed by atoms with Crippen LogP contribution in [-0.4, -0.2) is 34.4 Å². The first-order valence-corrected chi connectivity index (χ1v) is 10.0. The molecule has 5 rings (SSSR count). The number of nitrogens with zero attached hydrogens (tertiary/aromatic N) is 2. The second kappa shape index (κ2) is 6.44. The van der Waals surface area contributed by atoms with Gasteiger partial charge in [0.1, 0.15) is 6.61 Å². The van der Waals surface area contributed by atoms with E-state index in [1.807, 2.05) is 31.2 Å². The first kappa shape index (κ1) is 17.9. The number of amides is 2. The van der Waals surface area contributed by atoms with E-state index in [0.717, 1.165) is 24.0 Å². The van der Waals surface area contributed by atoms with Crippen molar-refractivity contribution in [3.63, 3.8) is 0 Å². The van der Waals surface area contributed by atoms with E-state index >= 15 is 0 Å². The lowest BCUT2D eigenvalue weighted by Gasteiger charge is -2.48. The van der Waals surface area contributed by atoms with E-state index in [1.165, 1.54) is 4.90 Å². The Hall–Kier alpha value is -3.15. The van der Waals surface area contributed by atoms with Gasteiger partial charge < -0.3 is 9.64 Å². The highest BCUT2D eigenvalue weighted by Gasteiger charge is 2.64. The maximum absolute atomic E-state index is 13.5. The number of anilines is 1. The molecule has 0 radical (unpaired) electrons. The van der Waals surface area contributed by atoms with E-state index in [-0.39, 0.29) is 37.3 Å². The Labute approximate surface area is 169 Å². The molecule has 3 aliphatic rings. The molecule has 6 nitrogen and oxygen atoms in total. The molecule has 0 unspecified atom stereocenters. The highest BCUT2D eigenvalue weighted by Crippen LogP contribution is 2.49. The van der Waals surface area contributed by atoms with Gasteiger partial charge in [0.25, 0.3) is 5.91 Å². The van der Waals surface area contributed by atoms with Crippen molar-refractivity contribution < 1.29 is 19.1 Å². The molecule has 2 aromatic carbocycles. The normalized spacial score (nSPS) is 23.1. The van der Waals surface area contributed by atoms with Crippen molar-refractivity contribution in [1.29, 1.82) is 0 Å². The fourth-order valence-corrected chi connectivity index (χ4v) is 4.46. The molecule has 0 N–H and O–H groups in total. The Morgan fingerprint density at radius 3 is 2.55 bits per heavy atom. The largest absolute Gasteiger partial charge is 0.458 e. The van der Waals surface area contributed by atoms with Crippen molar-refractivity contribution in [2.75, 3.05) is 4.90 Å². The van der Waals surface area contributed by atoms with E-state index in [1.54, 1.807) is 29.2 Å². The Morgan fingerprint density at radius 1 is 1.10 bits per heavy atom. The lowest BCUT2D eigenvalue weighted by atomic mass is 9.96. The van der Waals surface area contributed by atoms with E-state index in [0.29, 0.717) is 11.3 Å². The summed E-state index contributed by atoms with van der Waals surface area (Å²) in [6.45, 7) is 2.10. The van der Waals surface area contributed by atoms with E-state index in [2.05, 4.69) is 0 Å². The average molecular weight is 390 g/mol. The van der Waals surface area contributed by atoms with E-state index in [4.69, 9.17) is 4.74 Å². The monoisotopic (exact) mass is 390 g/mol. The van der Waals surface area contributed by atoms with Gasteiger partial charge in [0.15, 0.2) is 0 Å². The molecule has 2 aromatic rings. The van der Waals surface area contributed by atoms with Crippen LogP contribution in [0.5, 0.6) is 0 Å². The molecule has 1 saturated carbocycles. The quantitative estimate of drug-likeness (QED) is 0.752. The topological polar surface area (TPSA) is 66.9 Å². The smallest absolute Gasteiger partial charge is 0.354 e. The van der Waals surface area contributed by atoms with Crippen molar-refractivity contribution >= 4 is 23.5 Å². The van der Waals surface area contributed by atoms with Gasteiger partial charge in [0.05, 0.1) is 11.3 Å². The minimum Gasteiger partial charge on any atom is -0.458 e. The van der Waals surface area contributed by atoms with Crippen LogP contribution in [0.4, 0.5) is 5.69 Å². The SMILES string of the molecule is Cc1ccc(COC(=O)[C@@]23CCC(=O)N2c2ccccc2C(=O)N3C2CC2)cc1. The molecule has 2 fully saturated rings. The van der Waals surface area contributed by atoms with Crippen LogP contribution < -0.4 is 4.90 Å². The van der Waals surface area contributed by atoms with Crippen LogP contribution in [0.3, 0.4) is 0 Å². The summed E-state index contributed by atoms with van der Waals surface area (Å²) >= 11 is 0. The summed E-state index contributed by atoms with van der Waals surface area (Å²) in [6.07, 6.45) is 2.14. The molecule has 2 amide bonds. The zero-order valence-corrected chi connectivity index (χ0v) is 16.3. The van der Waals surface area contributed by atoms with Gasteiger partial charge in [-0.3, -0.25) is 14.5 Å². The number of para-hydroxylation sites is 1. The van der Waals surface area contributed by atoms with E-state index < -0.39 is 11.6 Å². The second-order valence-corrected chi connectivity index (χ2v) is 8.03.